The van der Waals surface area contributed by atoms with Crippen LogP contribution in [0, 0.1) is 0 Å². The Kier molecular flexibility index (Phi) is 4.36. The van der Waals surface area contributed by atoms with Crippen LogP contribution in [0.1, 0.15) is 15.2 Å². The molecule has 1 amide bonds. The first-order chi connectivity index (χ1) is 10.6. The van der Waals surface area contributed by atoms with Crippen LogP contribution in [0.25, 0.3) is 10.1 Å². The number of carbonyl (C=O) groups is 1. The van der Waals surface area contributed by atoms with Gasteiger partial charge in [0.25, 0.3) is 5.91 Å². The van der Waals surface area contributed by atoms with Crippen LogP contribution in [0.15, 0.2) is 42.5 Å². The first-order valence-electron chi connectivity index (χ1n) is 6.47. The van der Waals surface area contributed by atoms with Crippen molar-refractivity contribution in [1.29, 1.82) is 0 Å². The van der Waals surface area contributed by atoms with Crippen LogP contribution in [-0.2, 0) is 6.61 Å². The molecule has 2 N–H and O–H groups in total. The highest BCUT2D eigenvalue weighted by atomic mass is 35.5. The summed E-state index contributed by atoms with van der Waals surface area (Å²) in [6, 6.07) is 12.4. The Hall–Kier alpha value is -1.59. The minimum absolute atomic E-state index is 0.0775. The summed E-state index contributed by atoms with van der Waals surface area (Å²) in [4.78, 5) is 12.8. The smallest absolute Gasteiger partial charge is 0.267 e. The fraction of sp³-hybridized carbons (Fsp3) is 0.0625. The van der Waals surface area contributed by atoms with Gasteiger partial charge in [-0.2, -0.15) is 0 Å². The van der Waals surface area contributed by atoms with Gasteiger partial charge in [0.1, 0.15) is 4.88 Å². The number of anilines is 1. The first kappa shape index (κ1) is 15.3. The Bertz CT molecular complexity index is 860. The summed E-state index contributed by atoms with van der Waals surface area (Å²) in [5.41, 5.74) is 1.34. The number of nitrogens with one attached hydrogen (secondary N) is 1. The highest BCUT2D eigenvalue weighted by molar-refractivity contribution is 7.21. The van der Waals surface area contributed by atoms with E-state index in [0.29, 0.717) is 20.6 Å². The van der Waals surface area contributed by atoms with E-state index in [2.05, 4.69) is 5.32 Å². The number of aliphatic hydroxyl groups is 1. The fourth-order valence-electron chi connectivity index (χ4n) is 2.12. The summed E-state index contributed by atoms with van der Waals surface area (Å²) in [6.07, 6.45) is 0. The largest absolute Gasteiger partial charge is 0.392 e. The molecule has 0 saturated heterocycles. The predicted molar refractivity (Wildman–Crippen MR) is 92.2 cm³/mol. The molecule has 0 aliphatic rings. The second-order valence-electron chi connectivity index (χ2n) is 4.70. The minimum Gasteiger partial charge on any atom is -0.392 e. The lowest BCUT2D eigenvalue weighted by molar-refractivity contribution is 0.103. The van der Waals surface area contributed by atoms with Gasteiger partial charge in [-0.3, -0.25) is 4.79 Å². The standard InChI is InChI=1S/C16H11Cl2NO2S/c17-10-4-5-12-13(7-10)22-15(14(12)18)16(21)19-11-3-1-2-9(6-11)8-20/h1-7,20H,8H2,(H,19,21). The average Bonchev–Trinajstić information content (AvgIpc) is 2.84. The number of fused-ring (bicyclic) bond motifs is 1. The molecule has 0 aliphatic carbocycles. The van der Waals surface area contributed by atoms with Gasteiger partial charge in [-0.25, -0.2) is 0 Å². The van der Waals surface area contributed by atoms with E-state index in [-0.39, 0.29) is 12.5 Å². The van der Waals surface area contributed by atoms with Crippen LogP contribution >= 0.6 is 34.5 Å². The molecule has 1 heterocycles. The Labute approximate surface area is 141 Å². The number of thiophene rings is 1. The van der Waals surface area contributed by atoms with Gasteiger partial charge in [-0.1, -0.05) is 41.4 Å². The molecule has 1 aromatic heterocycles. The second-order valence-corrected chi connectivity index (χ2v) is 6.56. The maximum Gasteiger partial charge on any atom is 0.267 e. The number of halogens is 2. The molecule has 22 heavy (non-hydrogen) atoms. The van der Waals surface area contributed by atoms with Crippen LogP contribution in [0.4, 0.5) is 5.69 Å². The molecule has 0 atom stereocenters. The van der Waals surface area contributed by atoms with E-state index in [1.807, 2.05) is 0 Å². The van der Waals surface area contributed by atoms with Crippen molar-refractivity contribution >= 4 is 56.2 Å². The van der Waals surface area contributed by atoms with Crippen LogP contribution in [0.5, 0.6) is 0 Å². The van der Waals surface area contributed by atoms with Gasteiger partial charge >= 0.3 is 0 Å². The Morgan fingerprint density at radius 3 is 2.77 bits per heavy atom. The van der Waals surface area contributed by atoms with Gasteiger partial charge in [0.2, 0.25) is 0 Å². The van der Waals surface area contributed by atoms with Crippen molar-refractivity contribution in [2.24, 2.45) is 0 Å². The molecule has 3 aromatic rings. The number of benzene rings is 2. The van der Waals surface area contributed by atoms with Crippen molar-refractivity contribution < 1.29 is 9.90 Å². The normalized spacial score (nSPS) is 10.9. The summed E-state index contributed by atoms with van der Waals surface area (Å²) < 4.78 is 0.867. The quantitative estimate of drug-likeness (QED) is 0.701. The molecule has 3 nitrogen and oxygen atoms in total. The van der Waals surface area contributed by atoms with Gasteiger partial charge in [0.15, 0.2) is 0 Å². The highest BCUT2D eigenvalue weighted by Crippen LogP contribution is 2.37. The number of aliphatic hydroxyl groups excluding tert-OH is 1. The Balaban J connectivity index is 1.93. The minimum atomic E-state index is -0.280. The lowest BCUT2D eigenvalue weighted by atomic mass is 10.2. The SMILES string of the molecule is O=C(Nc1cccc(CO)c1)c1sc2cc(Cl)ccc2c1Cl. The second kappa shape index (κ2) is 6.26. The Morgan fingerprint density at radius 1 is 1.18 bits per heavy atom. The van der Waals surface area contributed by atoms with Crippen LogP contribution in [0.3, 0.4) is 0 Å². The molecule has 0 saturated carbocycles. The summed E-state index contributed by atoms with van der Waals surface area (Å²) in [6.45, 7) is -0.0775. The third-order valence-corrected chi connectivity index (χ3v) is 5.06. The summed E-state index contributed by atoms with van der Waals surface area (Å²) >= 11 is 13.6. The Morgan fingerprint density at radius 2 is 2.00 bits per heavy atom. The lowest BCUT2D eigenvalue weighted by Gasteiger charge is -2.05. The number of hydrogen-bond acceptors (Lipinski definition) is 3. The van der Waals surface area contributed by atoms with Crippen molar-refractivity contribution in [1.82, 2.24) is 0 Å². The number of hydrogen-bond donors (Lipinski definition) is 2. The third-order valence-electron chi connectivity index (χ3n) is 3.17. The number of rotatable bonds is 3. The maximum absolute atomic E-state index is 12.4. The van der Waals surface area contributed by atoms with Gasteiger partial charge in [-0.15, -0.1) is 11.3 Å². The van der Waals surface area contributed by atoms with Crippen LogP contribution < -0.4 is 5.32 Å². The molecular formula is C16H11Cl2NO2S. The molecule has 0 radical (unpaired) electrons. The van der Waals surface area contributed by atoms with Gasteiger partial charge in [0.05, 0.1) is 11.6 Å². The zero-order chi connectivity index (χ0) is 15.7. The molecule has 0 unspecified atom stereocenters. The summed E-state index contributed by atoms with van der Waals surface area (Å²) in [5, 5.41) is 13.8. The average molecular weight is 352 g/mol. The van der Waals surface area contributed by atoms with E-state index in [1.165, 1.54) is 11.3 Å². The molecule has 6 heteroatoms. The topological polar surface area (TPSA) is 49.3 Å². The van der Waals surface area contributed by atoms with E-state index in [1.54, 1.807) is 42.5 Å². The van der Waals surface area contributed by atoms with E-state index < -0.39 is 0 Å². The molecule has 0 spiro atoms. The molecule has 2 aromatic carbocycles. The highest BCUT2D eigenvalue weighted by Gasteiger charge is 2.17. The van der Waals surface area contributed by atoms with E-state index in [9.17, 15) is 4.79 Å². The van der Waals surface area contributed by atoms with Crippen LogP contribution in [-0.4, -0.2) is 11.0 Å². The predicted octanol–water partition coefficient (Wildman–Crippen LogP) is 4.95. The zero-order valence-electron chi connectivity index (χ0n) is 11.3. The van der Waals surface area contributed by atoms with Crippen molar-refractivity contribution in [3.63, 3.8) is 0 Å². The first-order valence-corrected chi connectivity index (χ1v) is 8.04. The molecule has 0 bridgehead atoms. The van der Waals surface area contributed by atoms with E-state index in [0.717, 1.165) is 15.6 Å². The van der Waals surface area contributed by atoms with Crippen molar-refractivity contribution in [2.45, 2.75) is 6.61 Å². The van der Waals surface area contributed by atoms with Crippen LogP contribution in [0.2, 0.25) is 10.0 Å². The van der Waals surface area contributed by atoms with E-state index in [4.69, 9.17) is 28.3 Å². The molecule has 0 aliphatic heterocycles. The summed E-state index contributed by atoms with van der Waals surface area (Å²) in [7, 11) is 0. The monoisotopic (exact) mass is 351 g/mol. The van der Waals surface area contributed by atoms with Gasteiger partial charge in [-0.05, 0) is 29.8 Å². The van der Waals surface area contributed by atoms with Crippen molar-refractivity contribution in [3.05, 3.63) is 63.0 Å². The maximum atomic E-state index is 12.4. The number of amides is 1. The van der Waals surface area contributed by atoms with Gasteiger partial charge < -0.3 is 10.4 Å². The van der Waals surface area contributed by atoms with E-state index >= 15 is 0 Å². The zero-order valence-corrected chi connectivity index (χ0v) is 13.6. The summed E-state index contributed by atoms with van der Waals surface area (Å²) in [5.74, 6) is -0.280. The third kappa shape index (κ3) is 2.96. The number of carbonyl (C=O) groups excluding carboxylic acids is 1. The molecule has 112 valence electrons. The molecule has 3 rings (SSSR count). The molecular weight excluding hydrogens is 341 g/mol. The lowest BCUT2D eigenvalue weighted by Crippen LogP contribution is -2.10. The molecule has 0 fully saturated rings. The fourth-order valence-corrected chi connectivity index (χ4v) is 3.81. The van der Waals surface area contributed by atoms with Crippen molar-refractivity contribution in [2.75, 3.05) is 5.32 Å². The van der Waals surface area contributed by atoms with Gasteiger partial charge in [0, 0.05) is 20.8 Å². The van der Waals surface area contributed by atoms with Crippen molar-refractivity contribution in [3.8, 4) is 0 Å².